The number of alkyl halides is 3. The van der Waals surface area contributed by atoms with Crippen LogP contribution in [-0.2, 0) is 0 Å². The van der Waals surface area contributed by atoms with Gasteiger partial charge in [-0.3, -0.25) is 0 Å². The fourth-order valence-electron chi connectivity index (χ4n) is 0.381. The second-order valence-corrected chi connectivity index (χ2v) is 1.64. The van der Waals surface area contributed by atoms with E-state index < -0.39 is 29.2 Å². The normalized spacial score (nSPS) is 11.0. The maximum atomic E-state index is 11.8. The van der Waals surface area contributed by atoms with Crippen LogP contribution in [0.2, 0.25) is 0 Å². The first-order valence-corrected chi connectivity index (χ1v) is 2.45. The number of carbonyl (C=O) groups excluding carboxylic acids is 1. The summed E-state index contributed by atoms with van der Waals surface area (Å²) in [6, 6.07) is 0. The first-order valence-electron chi connectivity index (χ1n) is 2.45. The Kier molecular flexibility index (Phi) is 3.27. The van der Waals surface area contributed by atoms with E-state index in [1.807, 2.05) is 0 Å². The van der Waals surface area contributed by atoms with Crippen LogP contribution in [0, 0.1) is 0 Å². The molecule has 0 aliphatic carbocycles. The van der Waals surface area contributed by atoms with E-state index in [4.69, 9.17) is 0 Å². The minimum atomic E-state index is -5.84. The van der Waals surface area contributed by atoms with Gasteiger partial charge in [0.05, 0.1) is 0 Å². The van der Waals surface area contributed by atoms with Gasteiger partial charge in [0.1, 0.15) is 0 Å². The quantitative estimate of drug-likeness (QED) is 0.282. The van der Waals surface area contributed by atoms with E-state index in [1.165, 1.54) is 0 Å². The molecule has 0 bridgehead atoms. The third-order valence-corrected chi connectivity index (χ3v) is 0.798. The lowest BCUT2D eigenvalue weighted by molar-refractivity contribution is -0.131. The van der Waals surface area contributed by atoms with E-state index in [0.717, 1.165) is 0 Å². The van der Waals surface area contributed by atoms with Crippen LogP contribution >= 0.6 is 0 Å². The number of carbonyl (C=O) groups is 1. The predicted molar refractivity (Wildman–Crippen MR) is 24.7 cm³/mol. The van der Waals surface area contributed by atoms with E-state index >= 15 is 0 Å². The highest BCUT2D eigenvalue weighted by atomic mass is 19.4. The average molecular weight is 211 g/mol. The van der Waals surface area contributed by atoms with Crippen molar-refractivity contribution >= 4 is 6.16 Å². The summed E-state index contributed by atoms with van der Waals surface area (Å²) < 4.78 is 80.1. The molecule has 0 spiro atoms. The molecular weight excluding hydrogens is 211 g/mol. The third-order valence-electron chi connectivity index (χ3n) is 0.798. The fraction of sp³-hybridized carbons (Fsp3) is 0.250. The van der Waals surface area contributed by atoms with Crippen molar-refractivity contribution in [2.75, 3.05) is 0 Å². The Morgan fingerprint density at radius 3 is 1.54 bits per heavy atom. The summed E-state index contributed by atoms with van der Waals surface area (Å²) in [6.07, 6.45) is -12.7. The molecule has 0 saturated carbocycles. The molecule has 0 saturated heterocycles. The van der Waals surface area contributed by atoms with E-state index in [0.29, 0.717) is 0 Å². The molecule has 2 nitrogen and oxygen atoms in total. The van der Waals surface area contributed by atoms with Gasteiger partial charge in [-0.1, -0.05) is 4.48 Å². The van der Waals surface area contributed by atoms with Crippen molar-refractivity contribution in [3.8, 4) is 0 Å². The van der Waals surface area contributed by atoms with Crippen LogP contribution in [-0.4, -0.2) is 17.5 Å². The molecule has 0 rings (SSSR count). The highest BCUT2D eigenvalue weighted by Gasteiger charge is 2.45. The van der Waals surface area contributed by atoms with Gasteiger partial charge in [-0.25, -0.2) is 4.79 Å². The Morgan fingerprint density at radius 2 is 1.46 bits per heavy atom. The number of amides is 1. The van der Waals surface area contributed by atoms with E-state index in [-0.39, 0.29) is 0 Å². The largest absolute Gasteiger partial charge is 0.439 e. The molecule has 0 radical (unpaired) electrons. The smallest absolute Gasteiger partial charge is 0.231 e. The first kappa shape index (κ1) is 11.7. The number of allylic oxidation sites excluding steroid dienone is 1. The lowest BCUT2D eigenvalue weighted by Crippen LogP contribution is -2.28. The Labute approximate surface area is 66.2 Å². The van der Waals surface area contributed by atoms with Crippen LogP contribution in [0.3, 0.4) is 0 Å². The van der Waals surface area contributed by atoms with Crippen LogP contribution < -0.4 is 0 Å². The number of halogens is 7. The van der Waals surface area contributed by atoms with Gasteiger partial charge in [-0.05, 0) is 0 Å². The summed E-state index contributed by atoms with van der Waals surface area (Å²) in [5.74, 6) is 0. The summed E-state index contributed by atoms with van der Waals surface area (Å²) in [5, 5.41) is -2.31. The Hall–Kier alpha value is -1.28. The minimum absolute atomic E-state index is 2.31. The Balaban J connectivity index is 5.09. The van der Waals surface area contributed by atoms with Crippen molar-refractivity contribution in [3.63, 3.8) is 0 Å². The molecule has 0 atom stereocenters. The first-order chi connectivity index (χ1) is 5.68. The monoisotopic (exact) mass is 211 g/mol. The SMILES string of the molecule is O=C(F)N(F)C(=C(F)F)C(F)(F)F. The molecule has 76 valence electrons. The maximum absolute atomic E-state index is 11.8. The zero-order valence-corrected chi connectivity index (χ0v) is 5.50. The summed E-state index contributed by atoms with van der Waals surface area (Å²) in [5.41, 5.74) is -3.26. The fourth-order valence-corrected chi connectivity index (χ4v) is 0.381. The zero-order valence-electron chi connectivity index (χ0n) is 5.50. The van der Waals surface area contributed by atoms with Gasteiger partial charge in [-0.15, -0.1) is 9.51 Å². The second kappa shape index (κ2) is 3.62. The summed E-state index contributed by atoms with van der Waals surface area (Å²) >= 11 is 0. The van der Waals surface area contributed by atoms with Crippen LogP contribution in [0.4, 0.5) is 35.6 Å². The predicted octanol–water partition coefficient (Wildman–Crippen LogP) is 2.93. The molecule has 0 aromatic rings. The molecule has 0 aromatic heterocycles. The number of nitrogens with zero attached hydrogens (tertiary/aromatic N) is 1. The van der Waals surface area contributed by atoms with Crippen molar-refractivity contribution < 1.29 is 35.6 Å². The minimum Gasteiger partial charge on any atom is -0.231 e. The van der Waals surface area contributed by atoms with Gasteiger partial charge in [-0.2, -0.15) is 22.0 Å². The molecular formula is C4F7NO. The van der Waals surface area contributed by atoms with Crippen molar-refractivity contribution in [2.24, 2.45) is 0 Å². The number of hydrogen-bond acceptors (Lipinski definition) is 1. The van der Waals surface area contributed by atoms with E-state index in [2.05, 4.69) is 0 Å². The summed E-state index contributed by atoms with van der Waals surface area (Å²) in [4.78, 5) is 9.35. The molecule has 0 fully saturated rings. The second-order valence-electron chi connectivity index (χ2n) is 1.64. The lowest BCUT2D eigenvalue weighted by Gasteiger charge is -2.12. The highest BCUT2D eigenvalue weighted by molar-refractivity contribution is 5.67. The van der Waals surface area contributed by atoms with Crippen molar-refractivity contribution in [1.29, 1.82) is 0 Å². The molecule has 0 unspecified atom stereocenters. The van der Waals surface area contributed by atoms with Crippen LogP contribution in [0.1, 0.15) is 0 Å². The molecule has 0 aromatic carbocycles. The van der Waals surface area contributed by atoms with Gasteiger partial charge in [0.15, 0.2) is 0 Å². The molecule has 9 heteroatoms. The van der Waals surface area contributed by atoms with Crippen molar-refractivity contribution in [2.45, 2.75) is 6.18 Å². The third kappa shape index (κ3) is 2.92. The van der Waals surface area contributed by atoms with Crippen LogP contribution in [0.15, 0.2) is 11.8 Å². The summed E-state index contributed by atoms with van der Waals surface area (Å²) in [7, 11) is 0. The van der Waals surface area contributed by atoms with Crippen LogP contribution in [0.5, 0.6) is 0 Å². The van der Waals surface area contributed by atoms with Gasteiger partial charge in [0.25, 0.3) is 0 Å². The average Bonchev–Trinajstić information content (AvgIpc) is 1.82. The number of rotatable bonds is 1. The summed E-state index contributed by atoms with van der Waals surface area (Å²) in [6.45, 7) is 0. The number of hydrogen-bond donors (Lipinski definition) is 0. The zero-order chi connectivity index (χ0) is 10.8. The van der Waals surface area contributed by atoms with Gasteiger partial charge in [0, 0.05) is 0 Å². The molecule has 0 aliphatic heterocycles. The van der Waals surface area contributed by atoms with Crippen molar-refractivity contribution in [1.82, 2.24) is 5.12 Å². The standard InChI is InChI=1S/C4F7NO/c5-2(6)1(4(8,9)10)12(11)3(7)13. The Morgan fingerprint density at radius 1 is 1.08 bits per heavy atom. The highest BCUT2D eigenvalue weighted by Crippen LogP contribution is 2.32. The molecule has 1 amide bonds. The van der Waals surface area contributed by atoms with Gasteiger partial charge in [0.2, 0.25) is 5.70 Å². The topological polar surface area (TPSA) is 20.3 Å². The molecule has 0 aliphatic rings. The molecule has 0 heterocycles. The van der Waals surface area contributed by atoms with E-state index in [1.54, 1.807) is 0 Å². The molecule has 0 N–H and O–H groups in total. The molecule has 13 heavy (non-hydrogen) atoms. The van der Waals surface area contributed by atoms with E-state index in [9.17, 15) is 35.6 Å². The van der Waals surface area contributed by atoms with Crippen LogP contribution in [0.25, 0.3) is 0 Å². The lowest BCUT2D eigenvalue weighted by atomic mass is 10.4. The maximum Gasteiger partial charge on any atom is 0.439 e. The van der Waals surface area contributed by atoms with Gasteiger partial charge < -0.3 is 0 Å². The Bertz CT molecular complexity index is 239. The van der Waals surface area contributed by atoms with Crippen molar-refractivity contribution in [3.05, 3.63) is 11.8 Å². The van der Waals surface area contributed by atoms with Gasteiger partial charge >= 0.3 is 18.4 Å².